The van der Waals surface area contributed by atoms with E-state index >= 15 is 0 Å². The monoisotopic (exact) mass is 158 g/mol. The van der Waals surface area contributed by atoms with Gasteiger partial charge in [0.05, 0.1) is 0 Å². The van der Waals surface area contributed by atoms with Crippen molar-refractivity contribution >= 4 is 11.8 Å². The maximum absolute atomic E-state index is 3.44. The second-order valence-electron chi connectivity index (χ2n) is 3.04. The summed E-state index contributed by atoms with van der Waals surface area (Å²) < 4.78 is 0. The molecule has 2 aliphatic rings. The Morgan fingerprint density at radius 1 is 1.10 bits per heavy atom. The van der Waals surface area contributed by atoms with Crippen molar-refractivity contribution in [2.45, 2.75) is 5.25 Å². The van der Waals surface area contributed by atoms with Crippen LogP contribution < -0.4 is 10.6 Å². The topological polar surface area (TPSA) is 24.1 Å². The fraction of sp³-hybridized carbons (Fsp3) is 1.00. The normalized spacial score (nSPS) is 40.8. The molecule has 2 fully saturated rings. The van der Waals surface area contributed by atoms with Crippen molar-refractivity contribution in [3.05, 3.63) is 0 Å². The van der Waals surface area contributed by atoms with Gasteiger partial charge in [0.15, 0.2) is 0 Å². The summed E-state index contributed by atoms with van der Waals surface area (Å²) in [4.78, 5) is 0. The molecule has 0 radical (unpaired) electrons. The van der Waals surface area contributed by atoms with Gasteiger partial charge < -0.3 is 10.6 Å². The maximum Gasteiger partial charge on any atom is 0.0220 e. The number of hydrogen-bond donors (Lipinski definition) is 2. The molecule has 2 unspecified atom stereocenters. The van der Waals surface area contributed by atoms with E-state index in [2.05, 4.69) is 22.4 Å². The van der Waals surface area contributed by atoms with Crippen LogP contribution in [0.3, 0.4) is 0 Å². The molecule has 2 heterocycles. The van der Waals surface area contributed by atoms with E-state index in [0.717, 1.165) is 24.3 Å². The molecule has 0 aliphatic carbocycles. The number of rotatable bonds is 0. The molecule has 2 aliphatic heterocycles. The fourth-order valence-corrected chi connectivity index (χ4v) is 2.68. The van der Waals surface area contributed by atoms with Crippen molar-refractivity contribution in [1.82, 2.24) is 10.6 Å². The van der Waals surface area contributed by atoms with E-state index in [1.807, 2.05) is 0 Å². The Kier molecular flexibility index (Phi) is 2.16. The van der Waals surface area contributed by atoms with Crippen LogP contribution in [0.4, 0.5) is 0 Å². The van der Waals surface area contributed by atoms with Crippen molar-refractivity contribution in [2.24, 2.45) is 5.92 Å². The molecule has 10 heavy (non-hydrogen) atoms. The quantitative estimate of drug-likeness (QED) is 0.515. The number of fused-ring (bicyclic) bond motifs is 1. The van der Waals surface area contributed by atoms with E-state index in [1.54, 1.807) is 0 Å². The molecule has 58 valence electrons. The van der Waals surface area contributed by atoms with Gasteiger partial charge in [-0.1, -0.05) is 0 Å². The Morgan fingerprint density at radius 2 is 1.90 bits per heavy atom. The lowest BCUT2D eigenvalue weighted by Gasteiger charge is -2.38. The van der Waals surface area contributed by atoms with E-state index < -0.39 is 0 Å². The molecule has 0 spiro atoms. The average Bonchev–Trinajstić information content (AvgIpc) is 1.89. The van der Waals surface area contributed by atoms with Gasteiger partial charge in [-0.15, -0.1) is 0 Å². The highest BCUT2D eigenvalue weighted by Crippen LogP contribution is 2.33. The van der Waals surface area contributed by atoms with Crippen LogP contribution in [0.2, 0.25) is 0 Å². The maximum atomic E-state index is 3.44. The van der Waals surface area contributed by atoms with Crippen molar-refractivity contribution < 1.29 is 0 Å². The third-order valence-electron chi connectivity index (χ3n) is 2.28. The lowest BCUT2D eigenvalue weighted by atomic mass is 10.1. The molecule has 0 aromatic heterocycles. The van der Waals surface area contributed by atoms with Gasteiger partial charge in [-0.05, 0) is 18.2 Å². The van der Waals surface area contributed by atoms with E-state index in [1.165, 1.54) is 18.8 Å². The predicted molar refractivity (Wildman–Crippen MR) is 45.5 cm³/mol. The van der Waals surface area contributed by atoms with Gasteiger partial charge in [0.1, 0.15) is 0 Å². The Bertz CT molecular complexity index is 104. The van der Waals surface area contributed by atoms with Crippen LogP contribution >= 0.6 is 11.8 Å². The zero-order valence-electron chi connectivity index (χ0n) is 6.10. The summed E-state index contributed by atoms with van der Waals surface area (Å²) in [5, 5.41) is 7.79. The van der Waals surface area contributed by atoms with Crippen molar-refractivity contribution in [2.75, 3.05) is 31.9 Å². The summed E-state index contributed by atoms with van der Waals surface area (Å²) in [5.74, 6) is 2.33. The molecule has 2 N–H and O–H groups in total. The van der Waals surface area contributed by atoms with Crippen molar-refractivity contribution in [3.63, 3.8) is 0 Å². The summed E-state index contributed by atoms with van der Waals surface area (Å²) in [6.45, 7) is 4.77. The van der Waals surface area contributed by atoms with Gasteiger partial charge in [0, 0.05) is 24.9 Å². The van der Waals surface area contributed by atoms with Gasteiger partial charge in [-0.25, -0.2) is 0 Å². The highest BCUT2D eigenvalue weighted by molar-refractivity contribution is 8.01. The van der Waals surface area contributed by atoms with Gasteiger partial charge in [-0.2, -0.15) is 11.8 Å². The Morgan fingerprint density at radius 3 is 2.60 bits per heavy atom. The minimum absolute atomic E-state index is 0.910. The molecule has 2 atom stereocenters. The molecule has 0 aromatic carbocycles. The van der Waals surface area contributed by atoms with Crippen LogP contribution in [0.1, 0.15) is 0 Å². The zero-order chi connectivity index (χ0) is 6.81. The third-order valence-corrected chi connectivity index (χ3v) is 3.88. The first-order valence-electron chi connectivity index (χ1n) is 4.00. The van der Waals surface area contributed by atoms with Crippen molar-refractivity contribution in [3.8, 4) is 0 Å². The van der Waals surface area contributed by atoms with Gasteiger partial charge in [0.2, 0.25) is 0 Å². The lowest BCUT2D eigenvalue weighted by molar-refractivity contribution is 0.424. The summed E-state index contributed by atoms with van der Waals surface area (Å²) in [6, 6.07) is 0. The van der Waals surface area contributed by atoms with Crippen LogP contribution in [0.15, 0.2) is 0 Å². The first kappa shape index (κ1) is 6.95. The van der Waals surface area contributed by atoms with Crippen LogP contribution in [0.25, 0.3) is 0 Å². The molecular weight excluding hydrogens is 144 g/mol. The number of nitrogens with one attached hydrogen (secondary N) is 2. The van der Waals surface area contributed by atoms with E-state index in [4.69, 9.17) is 0 Å². The Hall–Kier alpha value is 0.270. The molecule has 0 bridgehead atoms. The lowest BCUT2D eigenvalue weighted by Crippen LogP contribution is -2.49. The second kappa shape index (κ2) is 3.11. The minimum atomic E-state index is 0.910. The predicted octanol–water partition coefficient (Wildman–Crippen LogP) is -0.0892. The van der Waals surface area contributed by atoms with Crippen LogP contribution in [-0.4, -0.2) is 37.2 Å². The molecule has 0 amide bonds. The third kappa shape index (κ3) is 1.31. The van der Waals surface area contributed by atoms with Crippen LogP contribution in [0.5, 0.6) is 0 Å². The molecule has 2 nitrogen and oxygen atoms in total. The first-order chi connectivity index (χ1) is 4.97. The molecule has 0 saturated carbocycles. The first-order valence-corrected chi connectivity index (χ1v) is 5.05. The standard InChI is InChI=1S/C7H14N2S/c1-2-9-4-7-6(3-8-1)5-10-7/h6-9H,1-5H2. The fourth-order valence-electron chi connectivity index (χ4n) is 1.49. The van der Waals surface area contributed by atoms with Crippen molar-refractivity contribution in [1.29, 1.82) is 0 Å². The average molecular weight is 158 g/mol. The molecule has 3 heteroatoms. The molecule has 0 aromatic rings. The number of hydrogen-bond acceptors (Lipinski definition) is 3. The zero-order valence-corrected chi connectivity index (χ0v) is 6.91. The minimum Gasteiger partial charge on any atom is -0.315 e. The summed E-state index contributed by atoms with van der Waals surface area (Å²) in [6.07, 6.45) is 0. The molecular formula is C7H14N2S. The smallest absolute Gasteiger partial charge is 0.0220 e. The molecule has 2 saturated heterocycles. The summed E-state index contributed by atoms with van der Waals surface area (Å²) in [5.41, 5.74) is 0. The van der Waals surface area contributed by atoms with Gasteiger partial charge >= 0.3 is 0 Å². The largest absolute Gasteiger partial charge is 0.315 e. The van der Waals surface area contributed by atoms with Gasteiger partial charge in [0.25, 0.3) is 0 Å². The molecule has 2 rings (SSSR count). The Balaban J connectivity index is 1.83. The summed E-state index contributed by atoms with van der Waals surface area (Å²) >= 11 is 2.11. The highest BCUT2D eigenvalue weighted by Gasteiger charge is 2.31. The highest BCUT2D eigenvalue weighted by atomic mass is 32.2. The van der Waals surface area contributed by atoms with E-state index in [9.17, 15) is 0 Å². The van der Waals surface area contributed by atoms with Gasteiger partial charge in [-0.3, -0.25) is 0 Å². The Labute approximate surface area is 66.1 Å². The summed E-state index contributed by atoms with van der Waals surface area (Å²) in [7, 11) is 0. The van der Waals surface area contributed by atoms with Crippen LogP contribution in [0, 0.1) is 5.92 Å². The van der Waals surface area contributed by atoms with Crippen LogP contribution in [-0.2, 0) is 0 Å². The SMILES string of the molecule is C1CNCC2SCC2CN1. The van der Waals surface area contributed by atoms with E-state index in [0.29, 0.717) is 0 Å². The van der Waals surface area contributed by atoms with E-state index in [-0.39, 0.29) is 0 Å². The number of thioether (sulfide) groups is 1. The second-order valence-corrected chi connectivity index (χ2v) is 4.31.